The van der Waals surface area contributed by atoms with Crippen LogP contribution in [0.2, 0.25) is 0 Å². The number of carbonyl (C=O) groups is 2. The van der Waals surface area contributed by atoms with E-state index in [0.717, 1.165) is 19.3 Å². The Morgan fingerprint density at radius 3 is 2.48 bits per heavy atom. The minimum atomic E-state index is -0.829. The van der Waals surface area contributed by atoms with Crippen molar-refractivity contribution in [3.8, 4) is 0 Å². The molecule has 0 aromatic carbocycles. The third kappa shape index (κ3) is 3.47. The average Bonchev–Trinajstić information content (AvgIpc) is 3.07. The fourth-order valence-corrected chi connectivity index (χ4v) is 3.82. The van der Waals surface area contributed by atoms with E-state index in [1.54, 1.807) is 0 Å². The van der Waals surface area contributed by atoms with Crippen LogP contribution in [0.3, 0.4) is 0 Å². The number of carboxylic acid groups (broad SMARTS) is 1. The molecule has 2 aliphatic carbocycles. The Balaban J connectivity index is 1.90. The number of amides is 1. The first-order valence-electron chi connectivity index (χ1n) is 8.27. The lowest BCUT2D eigenvalue weighted by Gasteiger charge is -2.25. The first kappa shape index (κ1) is 16.1. The number of fused-ring (bicyclic) bond motifs is 2. The van der Waals surface area contributed by atoms with Crippen LogP contribution in [0.25, 0.3) is 0 Å². The van der Waals surface area contributed by atoms with Gasteiger partial charge in [-0.1, -0.05) is 45.3 Å². The fourth-order valence-electron chi connectivity index (χ4n) is 3.82. The summed E-state index contributed by atoms with van der Waals surface area (Å²) in [6.45, 7) is 5.00. The number of carboxylic acids is 1. The molecule has 0 unspecified atom stereocenters. The van der Waals surface area contributed by atoms with Gasteiger partial charge in [0.2, 0.25) is 5.91 Å². The normalized spacial score (nSPS) is 31.3. The molecule has 0 aromatic heterocycles. The molecule has 2 N–H and O–H groups in total. The summed E-state index contributed by atoms with van der Waals surface area (Å²) >= 11 is 0. The van der Waals surface area contributed by atoms with Crippen molar-refractivity contribution in [2.45, 2.75) is 46.0 Å². The summed E-state index contributed by atoms with van der Waals surface area (Å²) in [6.07, 6.45) is 9.37. The maximum absolute atomic E-state index is 12.4. The second kappa shape index (κ2) is 7.10. The first-order valence-corrected chi connectivity index (χ1v) is 8.27. The number of rotatable bonds is 8. The zero-order valence-electron chi connectivity index (χ0n) is 13.0. The summed E-state index contributed by atoms with van der Waals surface area (Å²) in [5.74, 6) is -1.13. The van der Waals surface area contributed by atoms with Crippen LogP contribution in [-0.2, 0) is 9.59 Å². The third-order valence-electron chi connectivity index (χ3n) is 5.16. The number of allylic oxidation sites excluding steroid dienone is 2. The van der Waals surface area contributed by atoms with Crippen molar-refractivity contribution < 1.29 is 14.7 Å². The predicted octanol–water partition coefficient (Wildman–Crippen LogP) is 2.84. The van der Waals surface area contributed by atoms with Gasteiger partial charge in [0.25, 0.3) is 0 Å². The predicted molar refractivity (Wildman–Crippen MR) is 81.7 cm³/mol. The van der Waals surface area contributed by atoms with Crippen LogP contribution in [0.4, 0.5) is 0 Å². The minimum Gasteiger partial charge on any atom is -0.481 e. The van der Waals surface area contributed by atoms with Gasteiger partial charge in [-0.05, 0) is 30.6 Å². The van der Waals surface area contributed by atoms with E-state index in [1.165, 1.54) is 12.8 Å². The molecule has 118 valence electrons. The smallest absolute Gasteiger partial charge is 0.307 e. The highest BCUT2D eigenvalue weighted by atomic mass is 16.4. The Bertz CT molecular complexity index is 418. The molecule has 2 rings (SSSR count). The van der Waals surface area contributed by atoms with Crippen molar-refractivity contribution in [2.75, 3.05) is 6.54 Å². The summed E-state index contributed by atoms with van der Waals surface area (Å²) in [5.41, 5.74) is 0. The molecule has 1 amide bonds. The third-order valence-corrected chi connectivity index (χ3v) is 5.16. The molecule has 5 atom stereocenters. The largest absolute Gasteiger partial charge is 0.481 e. The monoisotopic (exact) mass is 293 g/mol. The molecule has 0 heterocycles. The van der Waals surface area contributed by atoms with Gasteiger partial charge in [0.05, 0.1) is 11.8 Å². The molecular weight excluding hydrogens is 266 g/mol. The van der Waals surface area contributed by atoms with Crippen molar-refractivity contribution in [1.29, 1.82) is 0 Å². The van der Waals surface area contributed by atoms with Gasteiger partial charge in [-0.3, -0.25) is 9.59 Å². The van der Waals surface area contributed by atoms with E-state index >= 15 is 0 Å². The Kier molecular flexibility index (Phi) is 5.43. The number of carbonyl (C=O) groups excluding carboxylic acids is 1. The second-order valence-corrected chi connectivity index (χ2v) is 6.50. The lowest BCUT2D eigenvalue weighted by atomic mass is 9.82. The lowest BCUT2D eigenvalue weighted by Crippen LogP contribution is -2.41. The topological polar surface area (TPSA) is 66.4 Å². The quantitative estimate of drug-likeness (QED) is 0.676. The van der Waals surface area contributed by atoms with Crippen LogP contribution in [0.5, 0.6) is 0 Å². The number of unbranched alkanes of at least 4 members (excludes halogenated alkanes) is 1. The molecule has 1 saturated carbocycles. The van der Waals surface area contributed by atoms with E-state index in [4.69, 9.17) is 0 Å². The number of hydrogen-bond donors (Lipinski definition) is 2. The fraction of sp³-hybridized carbons (Fsp3) is 0.765. The molecule has 2 bridgehead atoms. The van der Waals surface area contributed by atoms with Crippen molar-refractivity contribution in [1.82, 2.24) is 5.32 Å². The van der Waals surface area contributed by atoms with Gasteiger partial charge in [-0.15, -0.1) is 0 Å². The van der Waals surface area contributed by atoms with Gasteiger partial charge in [0, 0.05) is 6.54 Å². The molecule has 0 radical (unpaired) electrons. The maximum atomic E-state index is 12.4. The molecule has 0 spiro atoms. The zero-order chi connectivity index (χ0) is 15.4. The van der Waals surface area contributed by atoms with Gasteiger partial charge in [0.15, 0.2) is 0 Å². The van der Waals surface area contributed by atoms with Gasteiger partial charge in [0.1, 0.15) is 0 Å². The van der Waals surface area contributed by atoms with Gasteiger partial charge < -0.3 is 10.4 Å². The lowest BCUT2D eigenvalue weighted by molar-refractivity contribution is -0.147. The Hall–Kier alpha value is -1.32. The van der Waals surface area contributed by atoms with E-state index in [9.17, 15) is 14.7 Å². The summed E-state index contributed by atoms with van der Waals surface area (Å²) in [5, 5.41) is 12.4. The Morgan fingerprint density at radius 1 is 1.24 bits per heavy atom. The van der Waals surface area contributed by atoms with Crippen molar-refractivity contribution in [3.05, 3.63) is 12.2 Å². The Labute approximate surface area is 127 Å². The molecular formula is C17H27NO3. The van der Waals surface area contributed by atoms with Crippen molar-refractivity contribution in [3.63, 3.8) is 0 Å². The van der Waals surface area contributed by atoms with Crippen LogP contribution < -0.4 is 5.32 Å². The molecule has 0 aromatic rings. The van der Waals surface area contributed by atoms with E-state index in [2.05, 4.69) is 19.2 Å². The molecule has 1 fully saturated rings. The number of hydrogen-bond acceptors (Lipinski definition) is 2. The van der Waals surface area contributed by atoms with Crippen LogP contribution >= 0.6 is 0 Å². The first-order chi connectivity index (χ1) is 10.1. The molecule has 0 saturated heterocycles. The molecule has 2 aliphatic rings. The molecule has 4 heteroatoms. The van der Waals surface area contributed by atoms with Gasteiger partial charge in [-0.2, -0.15) is 0 Å². The highest BCUT2D eigenvalue weighted by molar-refractivity contribution is 5.86. The van der Waals surface area contributed by atoms with Crippen molar-refractivity contribution >= 4 is 11.9 Å². The van der Waals surface area contributed by atoms with E-state index in [1.807, 2.05) is 12.2 Å². The van der Waals surface area contributed by atoms with E-state index < -0.39 is 11.9 Å². The van der Waals surface area contributed by atoms with Gasteiger partial charge in [-0.25, -0.2) is 0 Å². The van der Waals surface area contributed by atoms with Crippen molar-refractivity contribution in [2.24, 2.45) is 29.6 Å². The highest BCUT2D eigenvalue weighted by Crippen LogP contribution is 2.48. The van der Waals surface area contributed by atoms with Crippen LogP contribution in [-0.4, -0.2) is 23.5 Å². The van der Waals surface area contributed by atoms with Crippen LogP contribution in [0, 0.1) is 29.6 Å². The minimum absolute atomic E-state index is 0.0466. The summed E-state index contributed by atoms with van der Waals surface area (Å²) in [7, 11) is 0. The summed E-state index contributed by atoms with van der Waals surface area (Å²) in [6, 6.07) is 0. The van der Waals surface area contributed by atoms with E-state index in [-0.39, 0.29) is 23.7 Å². The maximum Gasteiger partial charge on any atom is 0.307 e. The highest BCUT2D eigenvalue weighted by Gasteiger charge is 2.51. The Morgan fingerprint density at radius 2 is 1.90 bits per heavy atom. The summed E-state index contributed by atoms with van der Waals surface area (Å²) in [4.78, 5) is 23.9. The average molecular weight is 293 g/mol. The second-order valence-electron chi connectivity index (χ2n) is 6.50. The standard InChI is InChI=1S/C17H27NO3/c1-3-5-6-11(4-2)10-18-16(19)14-12-7-8-13(9-12)15(14)17(20)21/h7-8,11-15H,3-6,9-10H2,1-2H3,(H,18,19)(H,20,21)/t11-,12+,13-,14+,15-/m0/s1. The SMILES string of the molecule is CCCC[C@H](CC)CNC(=O)[C@H]1[C@@H](C(=O)O)[C@H]2C=C[C@@H]1C2. The molecule has 4 nitrogen and oxygen atoms in total. The number of nitrogens with one attached hydrogen (secondary N) is 1. The van der Waals surface area contributed by atoms with E-state index in [0.29, 0.717) is 12.5 Å². The van der Waals surface area contributed by atoms with Gasteiger partial charge >= 0.3 is 5.97 Å². The summed E-state index contributed by atoms with van der Waals surface area (Å²) < 4.78 is 0. The number of aliphatic carboxylic acids is 1. The molecule has 0 aliphatic heterocycles. The molecule has 21 heavy (non-hydrogen) atoms. The van der Waals surface area contributed by atoms with Crippen LogP contribution in [0.1, 0.15) is 46.0 Å². The zero-order valence-corrected chi connectivity index (χ0v) is 13.0. The van der Waals surface area contributed by atoms with Crippen LogP contribution in [0.15, 0.2) is 12.2 Å².